The lowest BCUT2D eigenvalue weighted by molar-refractivity contribution is -0.140. The van der Waals surface area contributed by atoms with Crippen LogP contribution in [0.15, 0.2) is 35.3 Å². The number of aromatic nitrogens is 4. The number of fused-ring (bicyclic) bond motifs is 1. The van der Waals surface area contributed by atoms with Crippen LogP contribution in [0.5, 0.6) is 0 Å². The number of amides is 1. The molecule has 0 aliphatic heterocycles. The molecule has 3 aromatic rings. The average Bonchev–Trinajstić information content (AvgIpc) is 2.70. The zero-order valence-electron chi connectivity index (χ0n) is 14.9. The van der Waals surface area contributed by atoms with Crippen LogP contribution in [0, 0.1) is 0 Å². The average molecular weight is 399 g/mol. The number of nitrogens with zero attached hydrogens (tertiary/aromatic N) is 3. The smallest absolute Gasteiger partial charge is 0.328 e. The topological polar surface area (TPSA) is 196 Å². The Morgan fingerprint density at radius 2 is 1.93 bits per heavy atom. The highest BCUT2D eigenvalue weighted by Crippen LogP contribution is 2.12. The van der Waals surface area contributed by atoms with Gasteiger partial charge >= 0.3 is 5.97 Å². The van der Waals surface area contributed by atoms with E-state index in [1.807, 2.05) is 0 Å². The molecular formula is C17H17N7O5. The number of carboxylic acid groups (broad SMARTS) is 1. The van der Waals surface area contributed by atoms with Crippen molar-refractivity contribution in [2.24, 2.45) is 0 Å². The van der Waals surface area contributed by atoms with Gasteiger partial charge in [0.2, 0.25) is 5.95 Å². The highest BCUT2D eigenvalue weighted by molar-refractivity contribution is 5.96. The molecule has 29 heavy (non-hydrogen) atoms. The number of H-pyrrole nitrogens is 1. The summed E-state index contributed by atoms with van der Waals surface area (Å²) in [6, 6.07) is 4.86. The van der Waals surface area contributed by atoms with Gasteiger partial charge in [-0.25, -0.2) is 14.8 Å². The second kappa shape index (κ2) is 8.31. The maximum absolute atomic E-state index is 12.0. The largest absolute Gasteiger partial charge is 0.480 e. The van der Waals surface area contributed by atoms with Crippen molar-refractivity contribution in [2.45, 2.75) is 12.6 Å². The molecular weight excluding hydrogens is 382 g/mol. The molecule has 3 rings (SSSR count). The summed E-state index contributed by atoms with van der Waals surface area (Å²) in [5.74, 6) is -1.99. The molecule has 0 unspecified atom stereocenters. The Morgan fingerprint density at radius 1 is 1.21 bits per heavy atom. The first-order valence-corrected chi connectivity index (χ1v) is 8.37. The van der Waals surface area contributed by atoms with Crippen LogP contribution in [0.2, 0.25) is 0 Å². The van der Waals surface area contributed by atoms with Crippen LogP contribution in [0.3, 0.4) is 0 Å². The molecule has 0 bridgehead atoms. The quantitative estimate of drug-likeness (QED) is 0.289. The van der Waals surface area contributed by atoms with Gasteiger partial charge in [-0.2, -0.15) is 4.98 Å². The van der Waals surface area contributed by atoms with Gasteiger partial charge in [-0.3, -0.25) is 14.6 Å². The van der Waals surface area contributed by atoms with E-state index in [9.17, 15) is 14.4 Å². The van der Waals surface area contributed by atoms with E-state index in [1.165, 1.54) is 18.3 Å². The maximum atomic E-state index is 12.0. The Bertz CT molecular complexity index is 1110. The van der Waals surface area contributed by atoms with E-state index in [2.05, 4.69) is 30.6 Å². The van der Waals surface area contributed by atoms with Gasteiger partial charge in [0, 0.05) is 11.3 Å². The zero-order chi connectivity index (χ0) is 21.0. The number of carbonyl (C=O) groups excluding carboxylic acids is 1. The van der Waals surface area contributed by atoms with Crippen molar-refractivity contribution < 1.29 is 19.8 Å². The monoisotopic (exact) mass is 399 g/mol. The standard InChI is InChI=1S/C17H17N7O5/c18-17-23-13-12(15(27)24-17)21-10(6-20-13)5-19-9-3-1-8(2-4-9)14(26)22-11(7-25)16(28)29/h1-4,6,11,19,25H,5,7H2,(H,22,26)(H,28,29)(H3,18,20,23,24,27)/t11-/m0/s1. The van der Waals surface area contributed by atoms with Crippen LogP contribution < -0.4 is 21.9 Å². The normalized spacial score (nSPS) is 11.8. The van der Waals surface area contributed by atoms with Crippen LogP contribution in [0.1, 0.15) is 16.1 Å². The summed E-state index contributed by atoms with van der Waals surface area (Å²) in [6.45, 7) is -0.456. The van der Waals surface area contributed by atoms with Crippen molar-refractivity contribution in [1.29, 1.82) is 0 Å². The highest BCUT2D eigenvalue weighted by atomic mass is 16.4. The molecule has 12 nitrogen and oxygen atoms in total. The maximum Gasteiger partial charge on any atom is 0.328 e. The first-order valence-electron chi connectivity index (χ1n) is 8.37. The number of aliphatic carboxylic acids is 1. The lowest BCUT2D eigenvalue weighted by Gasteiger charge is -2.12. The fraction of sp³-hybridized carbons (Fsp3) is 0.176. The molecule has 1 atom stereocenters. The summed E-state index contributed by atoms with van der Waals surface area (Å²) >= 11 is 0. The molecule has 2 heterocycles. The Morgan fingerprint density at radius 3 is 2.59 bits per heavy atom. The molecule has 0 aliphatic rings. The molecule has 1 aromatic carbocycles. The molecule has 0 aliphatic carbocycles. The molecule has 12 heteroatoms. The Hall–Kier alpha value is -4.06. The van der Waals surface area contributed by atoms with Gasteiger partial charge < -0.3 is 26.6 Å². The molecule has 150 valence electrons. The fourth-order valence-electron chi connectivity index (χ4n) is 2.42. The van der Waals surface area contributed by atoms with E-state index in [0.29, 0.717) is 11.4 Å². The third-order valence-electron chi connectivity index (χ3n) is 3.89. The second-order valence-corrected chi connectivity index (χ2v) is 5.96. The number of benzene rings is 1. The molecule has 0 fully saturated rings. The van der Waals surface area contributed by atoms with Crippen molar-refractivity contribution in [3.05, 3.63) is 52.1 Å². The minimum atomic E-state index is -1.38. The van der Waals surface area contributed by atoms with Crippen molar-refractivity contribution in [3.8, 4) is 0 Å². The van der Waals surface area contributed by atoms with Crippen molar-refractivity contribution >= 4 is 34.7 Å². The van der Waals surface area contributed by atoms with Crippen LogP contribution >= 0.6 is 0 Å². The number of carbonyl (C=O) groups is 2. The summed E-state index contributed by atoms with van der Waals surface area (Å²) < 4.78 is 0. The number of anilines is 2. The lowest BCUT2D eigenvalue weighted by atomic mass is 10.1. The number of aromatic amines is 1. The van der Waals surface area contributed by atoms with Crippen molar-refractivity contribution in [2.75, 3.05) is 17.7 Å². The van der Waals surface area contributed by atoms with E-state index < -0.39 is 30.1 Å². The summed E-state index contributed by atoms with van der Waals surface area (Å²) in [6.07, 6.45) is 1.46. The SMILES string of the molecule is Nc1nc2ncc(CNc3ccc(C(=O)N[C@@H](CO)C(=O)O)cc3)nc2c(=O)[nH]1. The number of aliphatic hydroxyl groups excluding tert-OH is 1. The van der Waals surface area contributed by atoms with E-state index >= 15 is 0 Å². The Balaban J connectivity index is 1.66. The predicted octanol–water partition coefficient (Wildman–Crippen LogP) is -0.917. The predicted molar refractivity (Wildman–Crippen MR) is 102 cm³/mol. The minimum absolute atomic E-state index is 0.0412. The number of hydrogen-bond donors (Lipinski definition) is 6. The minimum Gasteiger partial charge on any atom is -0.480 e. The lowest BCUT2D eigenvalue weighted by Crippen LogP contribution is -2.43. The number of carboxylic acids is 1. The molecule has 0 spiro atoms. The summed E-state index contributed by atoms with van der Waals surface area (Å²) in [5.41, 5.74) is 6.57. The number of rotatable bonds is 7. The Labute approximate surface area is 162 Å². The first kappa shape index (κ1) is 19.7. The van der Waals surface area contributed by atoms with Gasteiger partial charge in [0.25, 0.3) is 11.5 Å². The van der Waals surface area contributed by atoms with E-state index in [-0.39, 0.29) is 29.2 Å². The van der Waals surface area contributed by atoms with E-state index in [1.54, 1.807) is 12.1 Å². The zero-order valence-corrected chi connectivity index (χ0v) is 14.9. The van der Waals surface area contributed by atoms with Gasteiger partial charge in [-0.05, 0) is 24.3 Å². The molecule has 0 saturated carbocycles. The number of nitrogens with two attached hydrogens (primary N) is 1. The number of hydrogen-bond acceptors (Lipinski definition) is 9. The van der Waals surface area contributed by atoms with Gasteiger partial charge in [-0.1, -0.05) is 0 Å². The second-order valence-electron chi connectivity index (χ2n) is 5.96. The molecule has 7 N–H and O–H groups in total. The van der Waals surface area contributed by atoms with Gasteiger partial charge in [0.15, 0.2) is 17.2 Å². The fourth-order valence-corrected chi connectivity index (χ4v) is 2.42. The third kappa shape index (κ3) is 4.62. The van der Waals surface area contributed by atoms with E-state index in [0.717, 1.165) is 0 Å². The Kier molecular flexibility index (Phi) is 5.64. The van der Waals surface area contributed by atoms with Crippen LogP contribution in [0.25, 0.3) is 11.2 Å². The molecule has 0 radical (unpaired) electrons. The number of aliphatic hydroxyl groups is 1. The number of nitrogen functional groups attached to an aromatic ring is 1. The van der Waals surface area contributed by atoms with Crippen molar-refractivity contribution in [3.63, 3.8) is 0 Å². The van der Waals surface area contributed by atoms with Gasteiger partial charge in [-0.15, -0.1) is 0 Å². The summed E-state index contributed by atoms with van der Waals surface area (Å²) in [5, 5.41) is 23.1. The molecule has 0 saturated heterocycles. The van der Waals surface area contributed by atoms with Crippen LogP contribution in [0.4, 0.5) is 11.6 Å². The first-order chi connectivity index (χ1) is 13.9. The van der Waals surface area contributed by atoms with E-state index in [4.69, 9.17) is 15.9 Å². The molecule has 2 aromatic heterocycles. The molecule has 1 amide bonds. The summed E-state index contributed by atoms with van der Waals surface area (Å²) in [7, 11) is 0. The number of nitrogens with one attached hydrogen (secondary N) is 3. The van der Waals surface area contributed by atoms with Gasteiger partial charge in [0.1, 0.15) is 0 Å². The third-order valence-corrected chi connectivity index (χ3v) is 3.89. The van der Waals surface area contributed by atoms with Crippen LogP contribution in [-0.4, -0.2) is 54.7 Å². The van der Waals surface area contributed by atoms with Gasteiger partial charge in [0.05, 0.1) is 25.0 Å². The summed E-state index contributed by atoms with van der Waals surface area (Å²) in [4.78, 5) is 49.3. The van der Waals surface area contributed by atoms with Crippen LogP contribution in [-0.2, 0) is 11.3 Å². The van der Waals surface area contributed by atoms with Crippen molar-refractivity contribution in [1.82, 2.24) is 25.3 Å². The highest BCUT2D eigenvalue weighted by Gasteiger charge is 2.19.